The fraction of sp³-hybridized carbons (Fsp3) is 0.182. The molecule has 98 valence electrons. The van der Waals surface area contributed by atoms with Crippen LogP contribution in [-0.2, 0) is 11.3 Å². The van der Waals surface area contributed by atoms with Gasteiger partial charge in [-0.05, 0) is 40.8 Å². The molecule has 0 unspecified atom stereocenters. The number of nitrogens with zero attached hydrogens (tertiary/aromatic N) is 4. The number of hydrogen-bond donors (Lipinski definition) is 1. The molecule has 0 aliphatic carbocycles. The highest BCUT2D eigenvalue weighted by Gasteiger charge is 2.14. The summed E-state index contributed by atoms with van der Waals surface area (Å²) in [7, 11) is 1.62. The Morgan fingerprint density at radius 1 is 1.42 bits per heavy atom. The Bertz CT molecular complexity index is 738. The van der Waals surface area contributed by atoms with Crippen LogP contribution in [0.25, 0.3) is 15.5 Å². The van der Waals surface area contributed by atoms with Crippen LogP contribution in [0.5, 0.6) is 0 Å². The van der Waals surface area contributed by atoms with Crippen molar-refractivity contribution in [2.75, 3.05) is 12.8 Å². The maximum Gasteiger partial charge on any atom is 0.235 e. The SMILES string of the molecule is COCc1nnc2sc(-c3cc(I)ccc3N)nn12. The Labute approximate surface area is 126 Å². The lowest BCUT2D eigenvalue weighted by atomic mass is 10.2. The number of ether oxygens (including phenoxy) is 1. The van der Waals surface area contributed by atoms with Crippen LogP contribution >= 0.6 is 33.9 Å². The minimum Gasteiger partial charge on any atom is -0.398 e. The maximum atomic E-state index is 6.00. The Balaban J connectivity index is 2.12. The van der Waals surface area contributed by atoms with Crippen LogP contribution in [0, 0.1) is 3.57 Å². The number of nitrogen functional groups attached to an aromatic ring is 1. The van der Waals surface area contributed by atoms with Crippen molar-refractivity contribution in [2.24, 2.45) is 0 Å². The van der Waals surface area contributed by atoms with E-state index in [1.807, 2.05) is 18.2 Å². The summed E-state index contributed by atoms with van der Waals surface area (Å²) in [4.78, 5) is 0.736. The third-order valence-corrected chi connectivity index (χ3v) is 4.18. The second-order valence-corrected chi connectivity index (χ2v) is 6.08. The molecule has 0 radical (unpaired) electrons. The van der Waals surface area contributed by atoms with Crippen LogP contribution in [0.15, 0.2) is 18.2 Å². The van der Waals surface area contributed by atoms with Gasteiger partial charge < -0.3 is 10.5 Å². The van der Waals surface area contributed by atoms with E-state index in [1.165, 1.54) is 11.3 Å². The van der Waals surface area contributed by atoms with E-state index in [2.05, 4.69) is 37.9 Å². The molecule has 2 aromatic heterocycles. The molecule has 0 atom stereocenters. The molecule has 2 heterocycles. The minimum absolute atomic E-state index is 0.381. The lowest BCUT2D eigenvalue weighted by molar-refractivity contribution is 0.176. The Hall–Kier alpha value is -1.26. The summed E-state index contributed by atoms with van der Waals surface area (Å²) in [5.41, 5.74) is 7.63. The first-order valence-corrected chi connectivity index (χ1v) is 7.34. The summed E-state index contributed by atoms with van der Waals surface area (Å²) in [5, 5.41) is 13.4. The second-order valence-electron chi connectivity index (χ2n) is 3.88. The molecule has 0 saturated heterocycles. The molecule has 0 amide bonds. The predicted molar refractivity (Wildman–Crippen MR) is 81.9 cm³/mol. The molecule has 3 aromatic rings. The number of fused-ring (bicyclic) bond motifs is 1. The van der Waals surface area contributed by atoms with Crippen molar-refractivity contribution in [3.8, 4) is 10.6 Å². The highest BCUT2D eigenvalue weighted by molar-refractivity contribution is 14.1. The zero-order chi connectivity index (χ0) is 13.4. The predicted octanol–water partition coefficient (Wildman–Crippen LogP) is 2.19. The summed E-state index contributed by atoms with van der Waals surface area (Å²) < 4.78 is 7.88. The summed E-state index contributed by atoms with van der Waals surface area (Å²) >= 11 is 3.71. The Morgan fingerprint density at radius 2 is 2.26 bits per heavy atom. The van der Waals surface area contributed by atoms with Crippen molar-refractivity contribution in [3.63, 3.8) is 0 Å². The molecule has 2 N–H and O–H groups in total. The second kappa shape index (κ2) is 5.02. The molecule has 0 saturated carbocycles. The number of anilines is 1. The molecule has 19 heavy (non-hydrogen) atoms. The van der Waals surface area contributed by atoms with Gasteiger partial charge in [0, 0.05) is 21.9 Å². The summed E-state index contributed by atoms with van der Waals surface area (Å²) in [5.74, 6) is 0.684. The summed E-state index contributed by atoms with van der Waals surface area (Å²) in [6.45, 7) is 0.381. The van der Waals surface area contributed by atoms with Crippen molar-refractivity contribution in [1.29, 1.82) is 0 Å². The van der Waals surface area contributed by atoms with Crippen LogP contribution in [-0.4, -0.2) is 26.9 Å². The average Bonchev–Trinajstić information content (AvgIpc) is 2.95. The van der Waals surface area contributed by atoms with Crippen LogP contribution in [0.3, 0.4) is 0 Å². The van der Waals surface area contributed by atoms with Gasteiger partial charge in [-0.25, -0.2) is 0 Å². The number of aromatic nitrogens is 4. The molecule has 0 aliphatic rings. The van der Waals surface area contributed by atoms with E-state index in [1.54, 1.807) is 11.6 Å². The molecular formula is C11H10IN5OS. The van der Waals surface area contributed by atoms with Gasteiger partial charge in [-0.15, -0.1) is 10.2 Å². The number of hydrogen-bond acceptors (Lipinski definition) is 6. The van der Waals surface area contributed by atoms with Crippen molar-refractivity contribution in [3.05, 3.63) is 27.6 Å². The van der Waals surface area contributed by atoms with Gasteiger partial charge >= 0.3 is 0 Å². The van der Waals surface area contributed by atoms with E-state index in [9.17, 15) is 0 Å². The number of rotatable bonds is 3. The molecule has 0 aliphatic heterocycles. The molecule has 1 aromatic carbocycles. The van der Waals surface area contributed by atoms with Gasteiger partial charge in [0.2, 0.25) is 4.96 Å². The fourth-order valence-corrected chi connectivity index (χ4v) is 3.09. The Kier molecular flexibility index (Phi) is 3.37. The van der Waals surface area contributed by atoms with E-state index in [0.29, 0.717) is 18.1 Å². The monoisotopic (exact) mass is 387 g/mol. The topological polar surface area (TPSA) is 78.3 Å². The lowest BCUT2D eigenvalue weighted by Crippen LogP contribution is -1.98. The largest absolute Gasteiger partial charge is 0.398 e. The van der Waals surface area contributed by atoms with Gasteiger partial charge in [0.25, 0.3) is 0 Å². The van der Waals surface area contributed by atoms with E-state index in [0.717, 1.165) is 19.1 Å². The van der Waals surface area contributed by atoms with Crippen LogP contribution in [0.4, 0.5) is 5.69 Å². The van der Waals surface area contributed by atoms with Crippen molar-refractivity contribution >= 4 is 44.6 Å². The normalized spacial score (nSPS) is 11.3. The van der Waals surface area contributed by atoms with E-state index >= 15 is 0 Å². The zero-order valence-electron chi connectivity index (χ0n) is 10.00. The first-order chi connectivity index (χ1) is 9.19. The van der Waals surface area contributed by atoms with Crippen molar-refractivity contribution in [2.45, 2.75) is 6.61 Å². The van der Waals surface area contributed by atoms with Crippen LogP contribution in [0.2, 0.25) is 0 Å². The molecular weight excluding hydrogens is 377 g/mol. The van der Waals surface area contributed by atoms with Crippen molar-refractivity contribution < 1.29 is 4.74 Å². The molecule has 0 fully saturated rings. The fourth-order valence-electron chi connectivity index (χ4n) is 1.70. The Morgan fingerprint density at radius 3 is 3.05 bits per heavy atom. The van der Waals surface area contributed by atoms with E-state index in [4.69, 9.17) is 10.5 Å². The molecule has 8 heteroatoms. The smallest absolute Gasteiger partial charge is 0.235 e. The van der Waals surface area contributed by atoms with Crippen molar-refractivity contribution in [1.82, 2.24) is 19.8 Å². The molecule has 0 bridgehead atoms. The third kappa shape index (κ3) is 2.30. The number of halogens is 1. The minimum atomic E-state index is 0.381. The van der Waals surface area contributed by atoms with Gasteiger partial charge in [0.15, 0.2) is 5.82 Å². The van der Waals surface area contributed by atoms with Gasteiger partial charge in [-0.1, -0.05) is 11.3 Å². The first kappa shape index (κ1) is 12.8. The highest BCUT2D eigenvalue weighted by atomic mass is 127. The van der Waals surface area contributed by atoms with Gasteiger partial charge in [-0.3, -0.25) is 0 Å². The third-order valence-electron chi connectivity index (χ3n) is 2.57. The van der Waals surface area contributed by atoms with Gasteiger partial charge in [-0.2, -0.15) is 9.61 Å². The number of benzene rings is 1. The highest BCUT2D eigenvalue weighted by Crippen LogP contribution is 2.31. The molecule has 3 rings (SSSR count). The standard InChI is InChI=1S/C11H10IN5OS/c1-18-5-9-14-15-11-17(9)16-10(19-11)7-4-6(12)2-3-8(7)13/h2-4H,5,13H2,1H3. The lowest BCUT2D eigenvalue weighted by Gasteiger charge is -2.01. The maximum absolute atomic E-state index is 6.00. The first-order valence-electron chi connectivity index (χ1n) is 5.44. The van der Waals surface area contributed by atoms with Gasteiger partial charge in [0.1, 0.15) is 11.6 Å². The van der Waals surface area contributed by atoms with Crippen LogP contribution < -0.4 is 5.73 Å². The van der Waals surface area contributed by atoms with Gasteiger partial charge in [0.05, 0.1) is 0 Å². The number of methoxy groups -OCH3 is 1. The average molecular weight is 387 g/mol. The van der Waals surface area contributed by atoms with E-state index in [-0.39, 0.29) is 0 Å². The molecule has 0 spiro atoms. The summed E-state index contributed by atoms with van der Waals surface area (Å²) in [6, 6.07) is 5.86. The summed E-state index contributed by atoms with van der Waals surface area (Å²) in [6.07, 6.45) is 0. The quantitative estimate of drug-likeness (QED) is 0.551. The number of nitrogens with two attached hydrogens (primary N) is 1. The molecule has 6 nitrogen and oxygen atoms in total. The zero-order valence-corrected chi connectivity index (χ0v) is 13.0. The van der Waals surface area contributed by atoms with E-state index < -0.39 is 0 Å². The van der Waals surface area contributed by atoms with Crippen LogP contribution in [0.1, 0.15) is 5.82 Å².